The van der Waals surface area contributed by atoms with Crippen LogP contribution in [0.1, 0.15) is 17.3 Å². The van der Waals surface area contributed by atoms with Gasteiger partial charge in [0.15, 0.2) is 22.6 Å². The van der Waals surface area contributed by atoms with Gasteiger partial charge >= 0.3 is 0 Å². The molecule has 0 spiro atoms. The van der Waals surface area contributed by atoms with Crippen molar-refractivity contribution >= 4 is 44.1 Å². The van der Waals surface area contributed by atoms with Gasteiger partial charge in [0.05, 0.1) is 15.5 Å². The number of nitrogens with zero attached hydrogens (tertiary/aromatic N) is 3. The Morgan fingerprint density at radius 3 is 2.76 bits per heavy atom. The number of carbonyl (C=O) groups is 1. The Balaban J connectivity index is 1.66. The number of Topliss-reactive ketones (excluding diaryl/α,β-unsaturated/α-hetero) is 1. The number of hydrogen-bond donors (Lipinski definition) is 0. The first kappa shape index (κ1) is 16.2. The van der Waals surface area contributed by atoms with Crippen molar-refractivity contribution in [3.05, 3.63) is 59.7 Å². The number of thiazole rings is 1. The van der Waals surface area contributed by atoms with Crippen molar-refractivity contribution in [3.8, 4) is 0 Å². The number of carbonyl (C=O) groups excluding carboxylic acids is 1. The number of halogens is 2. The smallest absolute Gasteiger partial charge is 0.217 e. The van der Waals surface area contributed by atoms with E-state index in [1.54, 1.807) is 6.92 Å². The monoisotopic (exact) mass is 375 g/mol. The molecule has 0 aliphatic rings. The van der Waals surface area contributed by atoms with Gasteiger partial charge in [-0.05, 0) is 37.3 Å². The summed E-state index contributed by atoms with van der Waals surface area (Å²) in [6.07, 6.45) is 0. The molecule has 2 aromatic heterocycles. The normalized spacial score (nSPS) is 12.8. The van der Waals surface area contributed by atoms with Gasteiger partial charge in [-0.25, -0.2) is 8.78 Å². The molecule has 0 radical (unpaired) electrons. The molecule has 25 heavy (non-hydrogen) atoms. The molecule has 0 bridgehead atoms. The molecule has 1 atom stereocenters. The summed E-state index contributed by atoms with van der Waals surface area (Å²) in [4.78, 5) is 13.3. The fourth-order valence-corrected chi connectivity index (χ4v) is 4.49. The summed E-state index contributed by atoms with van der Waals surface area (Å²) >= 11 is 2.76. The second-order valence-corrected chi connectivity index (χ2v) is 7.74. The number of aromatic nitrogens is 3. The molecule has 0 amide bonds. The third kappa shape index (κ3) is 2.81. The molecule has 8 heteroatoms. The fraction of sp³-hybridized carbons (Fsp3) is 0.118. The molecular formula is C17H11F2N3OS2. The van der Waals surface area contributed by atoms with E-state index in [1.807, 2.05) is 28.7 Å². The summed E-state index contributed by atoms with van der Waals surface area (Å²) in [5.74, 6) is -2.29. The number of fused-ring (bicyclic) bond motifs is 3. The lowest BCUT2D eigenvalue weighted by Gasteiger charge is -2.09. The van der Waals surface area contributed by atoms with E-state index in [9.17, 15) is 13.6 Å². The van der Waals surface area contributed by atoms with Crippen LogP contribution in [0.2, 0.25) is 0 Å². The van der Waals surface area contributed by atoms with E-state index in [4.69, 9.17) is 0 Å². The Kier molecular flexibility index (Phi) is 4.01. The van der Waals surface area contributed by atoms with Gasteiger partial charge in [0, 0.05) is 5.56 Å². The maximum Gasteiger partial charge on any atom is 0.217 e. The Bertz CT molecular complexity index is 1110. The van der Waals surface area contributed by atoms with E-state index in [0.29, 0.717) is 5.16 Å². The summed E-state index contributed by atoms with van der Waals surface area (Å²) in [5.41, 5.74) is 1.11. The summed E-state index contributed by atoms with van der Waals surface area (Å²) in [7, 11) is 0. The minimum atomic E-state index is -1.03. The van der Waals surface area contributed by atoms with E-state index in [-0.39, 0.29) is 11.3 Å². The predicted octanol–water partition coefficient (Wildman–Crippen LogP) is 4.59. The second-order valence-electron chi connectivity index (χ2n) is 5.42. The summed E-state index contributed by atoms with van der Waals surface area (Å²) in [5, 5.41) is 8.39. The van der Waals surface area contributed by atoms with Gasteiger partial charge in [-0.15, -0.1) is 10.2 Å². The third-order valence-corrected chi connectivity index (χ3v) is 5.82. The third-order valence-electron chi connectivity index (χ3n) is 3.77. The molecule has 0 saturated heterocycles. The number of hydrogen-bond acceptors (Lipinski definition) is 5. The largest absolute Gasteiger partial charge is 0.293 e. The SMILES string of the molecule is CC(Sc1nnc2sc3ccccc3n12)C(=O)c1ccc(F)c(F)c1. The molecule has 0 fully saturated rings. The number of benzene rings is 2. The molecule has 4 rings (SSSR count). The molecule has 0 aliphatic carbocycles. The van der Waals surface area contributed by atoms with Crippen LogP contribution in [0.4, 0.5) is 8.78 Å². The van der Waals surface area contributed by atoms with Crippen LogP contribution in [0.3, 0.4) is 0 Å². The van der Waals surface area contributed by atoms with Crippen LogP contribution in [0.5, 0.6) is 0 Å². The van der Waals surface area contributed by atoms with Crippen molar-refractivity contribution in [2.75, 3.05) is 0 Å². The predicted molar refractivity (Wildman–Crippen MR) is 94.4 cm³/mol. The van der Waals surface area contributed by atoms with Gasteiger partial charge in [0.25, 0.3) is 0 Å². The lowest BCUT2D eigenvalue weighted by atomic mass is 10.1. The summed E-state index contributed by atoms with van der Waals surface area (Å²) in [6, 6.07) is 11.0. The van der Waals surface area contributed by atoms with Gasteiger partial charge < -0.3 is 0 Å². The topological polar surface area (TPSA) is 47.3 Å². The highest BCUT2D eigenvalue weighted by Crippen LogP contribution is 2.31. The molecule has 126 valence electrons. The quantitative estimate of drug-likeness (QED) is 0.387. The van der Waals surface area contributed by atoms with E-state index in [2.05, 4.69) is 10.2 Å². The molecule has 4 nitrogen and oxygen atoms in total. The van der Waals surface area contributed by atoms with E-state index >= 15 is 0 Å². The molecule has 2 heterocycles. The standard InChI is InChI=1S/C17H11F2N3OS2/c1-9(15(23)10-6-7-11(18)12(19)8-10)24-16-20-21-17-22(16)13-4-2-3-5-14(13)25-17/h2-9H,1H3. The van der Waals surface area contributed by atoms with Crippen molar-refractivity contribution in [1.29, 1.82) is 0 Å². The first-order valence-electron chi connectivity index (χ1n) is 7.43. The second kappa shape index (κ2) is 6.20. The Morgan fingerprint density at radius 1 is 1.16 bits per heavy atom. The highest BCUT2D eigenvalue weighted by molar-refractivity contribution is 8.00. The van der Waals surface area contributed by atoms with Crippen LogP contribution in [-0.2, 0) is 0 Å². The van der Waals surface area contributed by atoms with Crippen molar-refractivity contribution in [2.45, 2.75) is 17.3 Å². The van der Waals surface area contributed by atoms with Crippen molar-refractivity contribution in [2.24, 2.45) is 0 Å². The van der Waals surface area contributed by atoms with Crippen molar-refractivity contribution in [3.63, 3.8) is 0 Å². The number of rotatable bonds is 4. The van der Waals surface area contributed by atoms with Crippen LogP contribution in [0, 0.1) is 11.6 Å². The Labute approximate surface area is 149 Å². The highest BCUT2D eigenvalue weighted by Gasteiger charge is 2.22. The lowest BCUT2D eigenvalue weighted by molar-refractivity contribution is 0.0993. The van der Waals surface area contributed by atoms with Crippen LogP contribution in [0.15, 0.2) is 47.6 Å². The molecule has 4 aromatic rings. The zero-order valence-corrected chi connectivity index (χ0v) is 14.6. The maximum absolute atomic E-state index is 13.4. The highest BCUT2D eigenvalue weighted by atomic mass is 32.2. The van der Waals surface area contributed by atoms with Gasteiger partial charge in [0.1, 0.15) is 0 Å². The van der Waals surface area contributed by atoms with Gasteiger partial charge in [-0.3, -0.25) is 9.20 Å². The van der Waals surface area contributed by atoms with E-state index < -0.39 is 16.9 Å². The van der Waals surface area contributed by atoms with Gasteiger partial charge in [-0.2, -0.15) is 0 Å². The summed E-state index contributed by atoms with van der Waals surface area (Å²) < 4.78 is 29.4. The van der Waals surface area contributed by atoms with E-state index in [1.165, 1.54) is 29.2 Å². The van der Waals surface area contributed by atoms with Gasteiger partial charge in [0.2, 0.25) is 4.96 Å². The molecular weight excluding hydrogens is 364 g/mol. The fourth-order valence-electron chi connectivity index (χ4n) is 2.53. The average Bonchev–Trinajstić information content (AvgIpc) is 3.16. The lowest BCUT2D eigenvalue weighted by Crippen LogP contribution is -2.14. The maximum atomic E-state index is 13.4. The zero-order chi connectivity index (χ0) is 17.6. The minimum absolute atomic E-state index is 0.134. The van der Waals surface area contributed by atoms with Gasteiger partial charge in [-0.1, -0.05) is 35.2 Å². The van der Waals surface area contributed by atoms with E-state index in [0.717, 1.165) is 27.3 Å². The Hall–Kier alpha value is -2.32. The average molecular weight is 375 g/mol. The first-order chi connectivity index (χ1) is 12.0. The van der Waals surface area contributed by atoms with Crippen LogP contribution in [-0.4, -0.2) is 25.6 Å². The van der Waals surface area contributed by atoms with Crippen molar-refractivity contribution < 1.29 is 13.6 Å². The molecule has 0 N–H and O–H groups in total. The molecule has 0 saturated carbocycles. The molecule has 0 aliphatic heterocycles. The number of ketones is 1. The van der Waals surface area contributed by atoms with Crippen LogP contribution < -0.4 is 0 Å². The minimum Gasteiger partial charge on any atom is -0.293 e. The van der Waals surface area contributed by atoms with Crippen LogP contribution in [0.25, 0.3) is 15.2 Å². The molecule has 2 aromatic carbocycles. The number of para-hydroxylation sites is 1. The Morgan fingerprint density at radius 2 is 1.96 bits per heavy atom. The first-order valence-corrected chi connectivity index (χ1v) is 9.13. The van der Waals surface area contributed by atoms with Crippen LogP contribution >= 0.6 is 23.1 Å². The molecule has 1 unspecified atom stereocenters. The zero-order valence-electron chi connectivity index (χ0n) is 12.9. The number of thioether (sulfide) groups is 1. The summed E-state index contributed by atoms with van der Waals surface area (Å²) in [6.45, 7) is 1.71. The van der Waals surface area contributed by atoms with Crippen molar-refractivity contribution in [1.82, 2.24) is 14.6 Å².